The zero-order valence-electron chi connectivity index (χ0n) is 15.6. The number of hydrogen-bond acceptors (Lipinski definition) is 3. The zero-order chi connectivity index (χ0) is 19.3. The number of hydrogen-bond donors (Lipinski definition) is 1. The lowest BCUT2D eigenvalue weighted by Crippen LogP contribution is -2.28. The molecule has 0 radical (unpaired) electrons. The van der Waals surface area contributed by atoms with E-state index < -0.39 is 0 Å². The van der Waals surface area contributed by atoms with Crippen LogP contribution in [-0.4, -0.2) is 15.5 Å². The highest BCUT2D eigenvalue weighted by atomic mass is 16.3. The smallest absolute Gasteiger partial charge is 0.287 e. The van der Waals surface area contributed by atoms with E-state index >= 15 is 0 Å². The molecule has 0 saturated heterocycles. The number of furan rings is 1. The maximum Gasteiger partial charge on any atom is 0.287 e. The van der Waals surface area contributed by atoms with Crippen LogP contribution < -0.4 is 5.32 Å². The van der Waals surface area contributed by atoms with Crippen molar-refractivity contribution in [3.63, 3.8) is 0 Å². The number of amides is 1. The predicted octanol–water partition coefficient (Wildman–Crippen LogP) is 4.83. The lowest BCUT2D eigenvalue weighted by atomic mass is 10.2. The number of rotatable bonds is 6. The van der Waals surface area contributed by atoms with Crippen LogP contribution in [0.1, 0.15) is 34.9 Å². The fourth-order valence-corrected chi connectivity index (χ4v) is 3.22. The predicted molar refractivity (Wildman–Crippen MR) is 110 cm³/mol. The Morgan fingerprint density at radius 3 is 2.68 bits per heavy atom. The largest absolute Gasteiger partial charge is 0.459 e. The van der Waals surface area contributed by atoms with Crippen molar-refractivity contribution in [2.75, 3.05) is 0 Å². The maximum absolute atomic E-state index is 12.4. The van der Waals surface area contributed by atoms with Crippen molar-refractivity contribution >= 4 is 23.0 Å². The van der Waals surface area contributed by atoms with Crippen molar-refractivity contribution in [2.24, 2.45) is 0 Å². The van der Waals surface area contributed by atoms with Crippen LogP contribution in [-0.2, 0) is 6.54 Å². The van der Waals surface area contributed by atoms with Crippen LogP contribution >= 0.6 is 0 Å². The van der Waals surface area contributed by atoms with Crippen molar-refractivity contribution in [1.82, 2.24) is 14.9 Å². The third kappa shape index (κ3) is 3.74. The van der Waals surface area contributed by atoms with Crippen molar-refractivity contribution in [2.45, 2.75) is 19.5 Å². The lowest BCUT2D eigenvalue weighted by Gasteiger charge is -2.14. The molecule has 140 valence electrons. The molecule has 0 unspecified atom stereocenters. The van der Waals surface area contributed by atoms with Crippen LogP contribution in [0.3, 0.4) is 0 Å². The molecule has 1 amide bonds. The first-order chi connectivity index (χ1) is 13.7. The van der Waals surface area contributed by atoms with Gasteiger partial charge in [-0.3, -0.25) is 4.79 Å². The summed E-state index contributed by atoms with van der Waals surface area (Å²) in [5.41, 5.74) is 3.09. The molecule has 2 aromatic carbocycles. The molecule has 2 heterocycles. The monoisotopic (exact) mass is 371 g/mol. The fourth-order valence-electron chi connectivity index (χ4n) is 3.22. The summed E-state index contributed by atoms with van der Waals surface area (Å²) >= 11 is 0. The van der Waals surface area contributed by atoms with Gasteiger partial charge in [-0.1, -0.05) is 54.6 Å². The van der Waals surface area contributed by atoms with Gasteiger partial charge in [0.1, 0.15) is 5.82 Å². The highest BCUT2D eigenvalue weighted by molar-refractivity contribution is 5.91. The molecule has 5 heteroatoms. The van der Waals surface area contributed by atoms with Gasteiger partial charge in [0.05, 0.1) is 23.3 Å². The zero-order valence-corrected chi connectivity index (χ0v) is 15.6. The number of nitrogens with one attached hydrogen (secondary N) is 1. The van der Waals surface area contributed by atoms with E-state index in [2.05, 4.69) is 34.2 Å². The molecule has 4 rings (SSSR count). The van der Waals surface area contributed by atoms with E-state index in [-0.39, 0.29) is 11.9 Å². The molecule has 0 fully saturated rings. The van der Waals surface area contributed by atoms with E-state index in [9.17, 15) is 4.79 Å². The summed E-state index contributed by atoms with van der Waals surface area (Å²) in [5.74, 6) is 0.841. The van der Waals surface area contributed by atoms with E-state index in [0.29, 0.717) is 12.3 Å². The van der Waals surface area contributed by atoms with Crippen molar-refractivity contribution in [3.05, 3.63) is 96.2 Å². The molecular weight excluding hydrogens is 350 g/mol. The Morgan fingerprint density at radius 2 is 1.89 bits per heavy atom. The van der Waals surface area contributed by atoms with Gasteiger partial charge in [0.25, 0.3) is 5.91 Å². The summed E-state index contributed by atoms with van der Waals surface area (Å²) in [6.45, 7) is 2.59. The summed E-state index contributed by atoms with van der Waals surface area (Å²) in [5, 5.41) is 2.97. The maximum atomic E-state index is 12.4. The quantitative estimate of drug-likeness (QED) is 0.528. The minimum Gasteiger partial charge on any atom is -0.459 e. The number of fused-ring (bicyclic) bond motifs is 1. The van der Waals surface area contributed by atoms with E-state index in [1.807, 2.05) is 49.4 Å². The van der Waals surface area contributed by atoms with Crippen molar-refractivity contribution in [3.8, 4) is 0 Å². The molecule has 0 bridgehead atoms. The molecule has 1 N–H and O–H groups in total. The number of benzene rings is 2. The second kappa shape index (κ2) is 7.96. The first-order valence-corrected chi connectivity index (χ1v) is 9.23. The summed E-state index contributed by atoms with van der Waals surface area (Å²) in [7, 11) is 0. The third-order valence-electron chi connectivity index (χ3n) is 4.56. The van der Waals surface area contributed by atoms with Gasteiger partial charge in [-0.2, -0.15) is 0 Å². The number of nitrogens with zero attached hydrogens (tertiary/aromatic N) is 2. The number of carbonyl (C=O) groups is 1. The Hall–Kier alpha value is -3.60. The molecule has 0 aliphatic heterocycles. The standard InChI is InChI=1S/C23H21N3O2/c1-17(24-23(27)21-14-8-16-28-21)22-25-19-12-5-6-13-20(19)26(22)15-7-11-18-9-3-2-4-10-18/h2-14,16-17H,15H2,1H3,(H,24,27)/b11-7+/t17-/m0/s1. The Balaban J connectivity index is 1.61. The molecule has 0 saturated carbocycles. The van der Waals surface area contributed by atoms with Gasteiger partial charge >= 0.3 is 0 Å². The molecule has 1 atom stereocenters. The average Bonchev–Trinajstić information content (AvgIpc) is 3.37. The summed E-state index contributed by atoms with van der Waals surface area (Å²) in [4.78, 5) is 17.1. The number of carbonyl (C=O) groups excluding carboxylic acids is 1. The summed E-state index contributed by atoms with van der Waals surface area (Å²) < 4.78 is 7.31. The normalized spacial score (nSPS) is 12.5. The van der Waals surface area contributed by atoms with Gasteiger partial charge in [0.15, 0.2) is 5.76 Å². The van der Waals surface area contributed by atoms with Gasteiger partial charge in [-0.25, -0.2) is 4.98 Å². The molecule has 4 aromatic rings. The minimum absolute atomic E-state index is 0.254. The van der Waals surface area contributed by atoms with Crippen LogP contribution in [0.2, 0.25) is 0 Å². The van der Waals surface area contributed by atoms with Crippen LogP contribution in [0.25, 0.3) is 17.1 Å². The SMILES string of the molecule is C[C@H](NC(=O)c1ccco1)c1nc2ccccc2n1C/C=C/c1ccccc1. The third-order valence-corrected chi connectivity index (χ3v) is 4.56. The van der Waals surface area contributed by atoms with Crippen molar-refractivity contribution < 1.29 is 9.21 Å². The Morgan fingerprint density at radius 1 is 1.11 bits per heavy atom. The molecule has 28 heavy (non-hydrogen) atoms. The molecule has 2 aromatic heterocycles. The van der Waals surface area contributed by atoms with E-state index in [4.69, 9.17) is 9.40 Å². The van der Waals surface area contributed by atoms with Gasteiger partial charge < -0.3 is 14.3 Å². The second-order valence-electron chi connectivity index (χ2n) is 6.55. The van der Waals surface area contributed by atoms with Crippen LogP contribution in [0.4, 0.5) is 0 Å². The van der Waals surface area contributed by atoms with E-state index in [1.54, 1.807) is 12.1 Å². The molecule has 0 aliphatic carbocycles. The number of para-hydroxylation sites is 2. The van der Waals surface area contributed by atoms with Gasteiger partial charge in [0, 0.05) is 6.54 Å². The molecular formula is C23H21N3O2. The lowest BCUT2D eigenvalue weighted by molar-refractivity contribution is 0.0909. The molecule has 0 spiro atoms. The van der Waals surface area contributed by atoms with Crippen molar-refractivity contribution in [1.29, 1.82) is 0 Å². The van der Waals surface area contributed by atoms with Crippen LogP contribution in [0.15, 0.2) is 83.5 Å². The topological polar surface area (TPSA) is 60.1 Å². The second-order valence-corrected chi connectivity index (χ2v) is 6.55. The number of aromatic nitrogens is 2. The Labute approximate surface area is 163 Å². The van der Waals surface area contributed by atoms with E-state index in [1.165, 1.54) is 6.26 Å². The fraction of sp³-hybridized carbons (Fsp3) is 0.130. The van der Waals surface area contributed by atoms with Gasteiger partial charge in [0.2, 0.25) is 0 Å². The summed E-state index contributed by atoms with van der Waals surface area (Å²) in [6, 6.07) is 21.2. The number of imidazole rings is 1. The first-order valence-electron chi connectivity index (χ1n) is 9.23. The van der Waals surface area contributed by atoms with E-state index in [0.717, 1.165) is 22.4 Å². The molecule has 5 nitrogen and oxygen atoms in total. The molecule has 0 aliphatic rings. The average molecular weight is 371 g/mol. The van der Waals surface area contributed by atoms with Crippen LogP contribution in [0, 0.1) is 0 Å². The first kappa shape index (κ1) is 17.8. The van der Waals surface area contributed by atoms with Gasteiger partial charge in [-0.05, 0) is 36.8 Å². The Kier molecular flexibility index (Phi) is 5.06. The highest BCUT2D eigenvalue weighted by Gasteiger charge is 2.19. The highest BCUT2D eigenvalue weighted by Crippen LogP contribution is 2.21. The van der Waals surface area contributed by atoms with Crippen LogP contribution in [0.5, 0.6) is 0 Å². The summed E-state index contributed by atoms with van der Waals surface area (Å²) in [6.07, 6.45) is 5.68. The Bertz CT molecular complexity index is 1100. The number of allylic oxidation sites excluding steroid dienone is 1. The minimum atomic E-state index is -0.268. The van der Waals surface area contributed by atoms with Gasteiger partial charge in [-0.15, -0.1) is 0 Å².